The summed E-state index contributed by atoms with van der Waals surface area (Å²) < 4.78 is 4.91. The predicted molar refractivity (Wildman–Crippen MR) is 53.6 cm³/mol. The molecule has 2 heterocycles. The molecular formula is C10H11N3O. The quantitative estimate of drug-likeness (QED) is 0.744. The number of nitrogens with two attached hydrogens (primary N) is 1. The molecule has 0 atom stereocenters. The summed E-state index contributed by atoms with van der Waals surface area (Å²) in [5.74, 6) is 0.371. The van der Waals surface area contributed by atoms with Crippen LogP contribution in [-0.4, -0.2) is 10.1 Å². The minimum absolute atomic E-state index is 0.371. The van der Waals surface area contributed by atoms with Gasteiger partial charge in [-0.25, -0.2) is 0 Å². The van der Waals surface area contributed by atoms with Gasteiger partial charge in [0.25, 0.3) is 0 Å². The molecule has 0 radical (unpaired) electrons. The second-order valence-electron chi connectivity index (χ2n) is 3.21. The molecule has 2 N–H and O–H groups in total. The third kappa shape index (κ3) is 1.25. The average Bonchev–Trinajstić information content (AvgIpc) is 2.49. The molecule has 0 unspecified atom stereocenters. The van der Waals surface area contributed by atoms with Gasteiger partial charge >= 0.3 is 0 Å². The second kappa shape index (κ2) is 3.14. The number of anilines is 1. The number of aromatic nitrogens is 2. The predicted octanol–water partition coefficient (Wildman–Crippen LogP) is 1.94. The van der Waals surface area contributed by atoms with Crippen LogP contribution in [0, 0.1) is 13.8 Å². The molecule has 2 aromatic heterocycles. The third-order valence-corrected chi connectivity index (χ3v) is 2.24. The van der Waals surface area contributed by atoms with E-state index in [-0.39, 0.29) is 0 Å². The van der Waals surface area contributed by atoms with E-state index >= 15 is 0 Å². The van der Waals surface area contributed by atoms with Gasteiger partial charge in [-0.2, -0.15) is 0 Å². The summed E-state index contributed by atoms with van der Waals surface area (Å²) in [4.78, 5) is 4.02. The number of aryl methyl sites for hydroxylation is 1. The lowest BCUT2D eigenvalue weighted by Crippen LogP contribution is -1.88. The molecule has 0 spiro atoms. The first kappa shape index (κ1) is 8.74. The van der Waals surface area contributed by atoms with Gasteiger partial charge in [-0.3, -0.25) is 4.98 Å². The minimum atomic E-state index is 0.371. The van der Waals surface area contributed by atoms with E-state index in [1.54, 1.807) is 12.4 Å². The van der Waals surface area contributed by atoms with Crippen molar-refractivity contribution in [2.75, 3.05) is 5.73 Å². The molecule has 0 aliphatic heterocycles. The Hall–Kier alpha value is -1.84. The standard InChI is InChI=1S/C10H11N3O/c1-6-5-12-4-3-8(6)9-7(2)10(11)14-13-9/h3-5H,11H2,1-2H3. The van der Waals surface area contributed by atoms with Gasteiger partial charge in [0.1, 0.15) is 5.69 Å². The fourth-order valence-corrected chi connectivity index (χ4v) is 1.34. The first-order valence-corrected chi connectivity index (χ1v) is 4.33. The average molecular weight is 189 g/mol. The van der Waals surface area contributed by atoms with Crippen LogP contribution in [-0.2, 0) is 0 Å². The molecule has 4 heteroatoms. The topological polar surface area (TPSA) is 64.9 Å². The maximum atomic E-state index is 5.58. The van der Waals surface area contributed by atoms with Crippen molar-refractivity contribution >= 4 is 5.88 Å². The zero-order valence-electron chi connectivity index (χ0n) is 8.11. The SMILES string of the molecule is Cc1cnccc1-c1noc(N)c1C. The summed E-state index contributed by atoms with van der Waals surface area (Å²) in [7, 11) is 0. The van der Waals surface area contributed by atoms with Crippen molar-refractivity contribution < 1.29 is 4.52 Å². The maximum absolute atomic E-state index is 5.58. The summed E-state index contributed by atoms with van der Waals surface area (Å²) in [5, 5.41) is 3.92. The first-order chi connectivity index (χ1) is 6.70. The number of nitrogen functional groups attached to an aromatic ring is 1. The number of rotatable bonds is 1. The van der Waals surface area contributed by atoms with E-state index < -0.39 is 0 Å². The zero-order valence-corrected chi connectivity index (χ0v) is 8.11. The zero-order chi connectivity index (χ0) is 10.1. The van der Waals surface area contributed by atoms with Crippen LogP contribution >= 0.6 is 0 Å². The van der Waals surface area contributed by atoms with Crippen molar-refractivity contribution in [1.82, 2.24) is 10.1 Å². The van der Waals surface area contributed by atoms with Crippen LogP contribution in [0.4, 0.5) is 5.88 Å². The van der Waals surface area contributed by atoms with Crippen LogP contribution in [0.25, 0.3) is 11.3 Å². The van der Waals surface area contributed by atoms with E-state index in [0.717, 1.165) is 22.4 Å². The van der Waals surface area contributed by atoms with Gasteiger partial charge < -0.3 is 10.3 Å². The Bertz CT molecular complexity index is 462. The molecule has 2 rings (SSSR count). The lowest BCUT2D eigenvalue weighted by molar-refractivity contribution is 0.439. The van der Waals surface area contributed by atoms with Crippen LogP contribution in [0.1, 0.15) is 11.1 Å². The summed E-state index contributed by atoms with van der Waals surface area (Å²) in [6, 6.07) is 1.90. The van der Waals surface area contributed by atoms with Crippen LogP contribution in [0.5, 0.6) is 0 Å². The first-order valence-electron chi connectivity index (χ1n) is 4.33. The van der Waals surface area contributed by atoms with Gasteiger partial charge in [-0.1, -0.05) is 5.16 Å². The van der Waals surface area contributed by atoms with Gasteiger partial charge in [0.05, 0.1) is 0 Å². The minimum Gasteiger partial charge on any atom is -0.367 e. The summed E-state index contributed by atoms with van der Waals surface area (Å²) in [5.41, 5.74) is 9.32. The molecule has 72 valence electrons. The number of nitrogens with zero attached hydrogens (tertiary/aromatic N) is 2. The van der Waals surface area contributed by atoms with Gasteiger partial charge in [-0.05, 0) is 25.5 Å². The molecule has 4 nitrogen and oxygen atoms in total. The summed E-state index contributed by atoms with van der Waals surface area (Å²) in [6.45, 7) is 3.87. The van der Waals surface area contributed by atoms with Crippen LogP contribution < -0.4 is 5.73 Å². The van der Waals surface area contributed by atoms with Gasteiger partial charge in [0.15, 0.2) is 0 Å². The smallest absolute Gasteiger partial charge is 0.225 e. The Labute approximate surface area is 81.7 Å². The summed E-state index contributed by atoms with van der Waals surface area (Å²) >= 11 is 0. The van der Waals surface area contributed by atoms with Crippen molar-refractivity contribution in [3.05, 3.63) is 29.6 Å². The van der Waals surface area contributed by atoms with Gasteiger partial charge in [0, 0.05) is 23.5 Å². The Kier molecular flexibility index (Phi) is 1.96. The van der Waals surface area contributed by atoms with E-state index in [4.69, 9.17) is 10.3 Å². The summed E-state index contributed by atoms with van der Waals surface area (Å²) in [6.07, 6.45) is 3.52. The number of pyridine rings is 1. The van der Waals surface area contributed by atoms with Crippen molar-refractivity contribution in [1.29, 1.82) is 0 Å². The molecule has 0 aliphatic rings. The largest absolute Gasteiger partial charge is 0.367 e. The molecule has 0 bridgehead atoms. The van der Waals surface area contributed by atoms with E-state index in [9.17, 15) is 0 Å². The van der Waals surface area contributed by atoms with Gasteiger partial charge in [-0.15, -0.1) is 0 Å². The van der Waals surface area contributed by atoms with Crippen molar-refractivity contribution in [3.8, 4) is 11.3 Å². The molecule has 2 aromatic rings. The van der Waals surface area contributed by atoms with E-state index in [2.05, 4.69) is 10.1 Å². The highest BCUT2D eigenvalue weighted by atomic mass is 16.5. The van der Waals surface area contributed by atoms with E-state index in [0.29, 0.717) is 5.88 Å². The number of hydrogen-bond acceptors (Lipinski definition) is 4. The van der Waals surface area contributed by atoms with Crippen molar-refractivity contribution in [2.45, 2.75) is 13.8 Å². The van der Waals surface area contributed by atoms with Crippen LogP contribution in [0.15, 0.2) is 23.0 Å². The molecule has 0 saturated heterocycles. The fourth-order valence-electron chi connectivity index (χ4n) is 1.34. The van der Waals surface area contributed by atoms with Crippen LogP contribution in [0.3, 0.4) is 0 Å². The molecule has 0 saturated carbocycles. The third-order valence-electron chi connectivity index (χ3n) is 2.24. The Morgan fingerprint density at radius 3 is 2.71 bits per heavy atom. The Morgan fingerprint density at radius 1 is 1.36 bits per heavy atom. The highest BCUT2D eigenvalue weighted by Gasteiger charge is 2.12. The van der Waals surface area contributed by atoms with E-state index in [1.165, 1.54) is 0 Å². The normalized spacial score (nSPS) is 10.4. The number of hydrogen-bond donors (Lipinski definition) is 1. The fraction of sp³-hybridized carbons (Fsp3) is 0.200. The monoisotopic (exact) mass is 189 g/mol. The highest BCUT2D eigenvalue weighted by molar-refractivity contribution is 5.68. The molecular weight excluding hydrogens is 178 g/mol. The molecule has 0 aliphatic carbocycles. The van der Waals surface area contributed by atoms with Gasteiger partial charge in [0.2, 0.25) is 5.88 Å². The van der Waals surface area contributed by atoms with Crippen molar-refractivity contribution in [2.24, 2.45) is 0 Å². The lowest BCUT2D eigenvalue weighted by atomic mass is 10.1. The van der Waals surface area contributed by atoms with Crippen LogP contribution in [0.2, 0.25) is 0 Å². The lowest BCUT2D eigenvalue weighted by Gasteiger charge is -2.00. The molecule has 0 aromatic carbocycles. The Morgan fingerprint density at radius 2 is 2.14 bits per heavy atom. The van der Waals surface area contributed by atoms with Crippen molar-refractivity contribution in [3.63, 3.8) is 0 Å². The second-order valence-corrected chi connectivity index (χ2v) is 3.21. The Balaban J connectivity index is 2.60. The molecule has 14 heavy (non-hydrogen) atoms. The highest BCUT2D eigenvalue weighted by Crippen LogP contribution is 2.27. The molecule has 0 amide bonds. The van der Waals surface area contributed by atoms with E-state index in [1.807, 2.05) is 19.9 Å². The maximum Gasteiger partial charge on any atom is 0.225 e. The molecule has 0 fully saturated rings.